The summed E-state index contributed by atoms with van der Waals surface area (Å²) < 4.78 is 42.4. The summed E-state index contributed by atoms with van der Waals surface area (Å²) in [5, 5.41) is 0. The van der Waals surface area contributed by atoms with Crippen LogP contribution in [0.3, 0.4) is 0 Å². The molecule has 0 bridgehead atoms. The predicted octanol–water partition coefficient (Wildman–Crippen LogP) is 2.94. The van der Waals surface area contributed by atoms with Crippen molar-refractivity contribution >= 4 is 64.2 Å². The maximum Gasteiger partial charge on any atom is 0.625 e. The van der Waals surface area contributed by atoms with Gasteiger partial charge in [-0.05, 0) is 32.2 Å². The maximum absolute atomic E-state index is 12.9. The fourth-order valence-electron chi connectivity index (χ4n) is 4.02. The molecule has 0 radical (unpaired) electrons. The molecule has 0 spiro atoms. The Bertz CT molecular complexity index is 799. The zero-order valence-corrected chi connectivity index (χ0v) is 21.8. The molecule has 0 aromatic carbocycles. The number of alkyl halides is 3. The second-order valence-corrected chi connectivity index (χ2v) is 12.2. The first-order chi connectivity index (χ1) is 15.4. The summed E-state index contributed by atoms with van der Waals surface area (Å²) in [5.74, 6) is -1.64. The number of likely N-dealkylation sites (N-methyl/N-ethyl adjacent to an activating group) is 1. The fourth-order valence-corrected chi connectivity index (χ4v) is 5.53. The average molecular weight is 548 g/mol. The summed E-state index contributed by atoms with van der Waals surface area (Å²) >= 11 is 17.0. The molecular formula is C19H30BCl3N2O7S. The zero-order chi connectivity index (χ0) is 24.7. The Balaban J connectivity index is 2.52. The number of unbranched alkanes of at least 4 members (excludes halogenated alkanes) is 1. The highest BCUT2D eigenvalue weighted by Crippen LogP contribution is 2.38. The molecule has 9 nitrogen and oxygen atoms in total. The number of hydrogen-bond donors (Lipinski definition) is 1. The van der Waals surface area contributed by atoms with Gasteiger partial charge in [0.25, 0.3) is 0 Å². The van der Waals surface area contributed by atoms with Gasteiger partial charge in [0.15, 0.2) is 0 Å². The van der Waals surface area contributed by atoms with Crippen molar-refractivity contribution in [1.29, 1.82) is 0 Å². The van der Waals surface area contributed by atoms with Crippen molar-refractivity contribution in [2.45, 2.75) is 61.1 Å². The van der Waals surface area contributed by atoms with Gasteiger partial charge in [-0.25, -0.2) is 0 Å². The maximum atomic E-state index is 12.9. The monoisotopic (exact) mass is 546 g/mol. The van der Waals surface area contributed by atoms with E-state index in [1.807, 2.05) is 6.92 Å². The number of rotatable bonds is 9. The van der Waals surface area contributed by atoms with Gasteiger partial charge < -0.3 is 9.31 Å². The normalized spacial score (nSPS) is 21.9. The van der Waals surface area contributed by atoms with E-state index < -0.39 is 45.2 Å². The van der Waals surface area contributed by atoms with Gasteiger partial charge in [0, 0.05) is 0 Å². The van der Waals surface area contributed by atoms with Gasteiger partial charge in [-0.2, -0.15) is 13.1 Å². The molecule has 2 fully saturated rings. The van der Waals surface area contributed by atoms with Gasteiger partial charge in [0.05, 0.1) is 13.1 Å². The van der Waals surface area contributed by atoms with E-state index in [0.717, 1.165) is 25.7 Å². The van der Waals surface area contributed by atoms with Crippen LogP contribution in [0.2, 0.25) is 0 Å². The number of allylic oxidation sites excluding steroid dienone is 1. The van der Waals surface area contributed by atoms with Crippen molar-refractivity contribution in [1.82, 2.24) is 9.62 Å². The lowest BCUT2D eigenvalue weighted by Crippen LogP contribution is -2.66. The van der Waals surface area contributed by atoms with Gasteiger partial charge in [0.2, 0.25) is 3.79 Å². The van der Waals surface area contributed by atoms with Gasteiger partial charge in [-0.3, -0.25) is 18.7 Å². The lowest BCUT2D eigenvalue weighted by atomic mass is 9.54. The molecule has 1 saturated heterocycles. The largest absolute Gasteiger partial charge is 0.625 e. The van der Waals surface area contributed by atoms with Crippen molar-refractivity contribution in [3.05, 3.63) is 12.2 Å². The molecule has 0 amide bonds. The Labute approximate surface area is 210 Å². The first-order valence-electron chi connectivity index (χ1n) is 10.9. The Hall–Kier alpha value is -0.555. The Kier molecular flexibility index (Phi) is 10.8. The molecule has 1 saturated carbocycles. The third kappa shape index (κ3) is 9.20. The topological polar surface area (TPSA) is 111 Å². The second-order valence-electron chi connectivity index (χ2n) is 8.38. The second kappa shape index (κ2) is 12.4. The van der Waals surface area contributed by atoms with E-state index in [1.54, 1.807) is 19.2 Å². The number of hydrogen-bond acceptors (Lipinski definition) is 8. The van der Waals surface area contributed by atoms with E-state index in [4.69, 9.17) is 48.3 Å². The first kappa shape index (κ1) is 28.7. The van der Waals surface area contributed by atoms with Crippen molar-refractivity contribution in [3.8, 4) is 0 Å². The summed E-state index contributed by atoms with van der Waals surface area (Å²) in [6.07, 6.45) is 8.70. The third-order valence-corrected chi connectivity index (χ3v) is 6.83. The zero-order valence-electron chi connectivity index (χ0n) is 18.7. The molecule has 1 aliphatic carbocycles. The Morgan fingerprint density at radius 3 is 2.24 bits per heavy atom. The van der Waals surface area contributed by atoms with Crippen molar-refractivity contribution < 1.29 is 31.5 Å². The van der Waals surface area contributed by atoms with Crippen LogP contribution in [-0.4, -0.2) is 68.3 Å². The summed E-state index contributed by atoms with van der Waals surface area (Å²) in [5.41, 5.74) is -1.59. The molecule has 0 aromatic rings. The number of nitrogens with one attached hydrogen (secondary N) is 1. The van der Waals surface area contributed by atoms with Gasteiger partial charge in [-0.1, -0.05) is 79.6 Å². The van der Waals surface area contributed by atoms with E-state index >= 15 is 0 Å². The first-order valence-corrected chi connectivity index (χ1v) is 13.4. The van der Waals surface area contributed by atoms with E-state index in [2.05, 4.69) is 4.72 Å². The van der Waals surface area contributed by atoms with Crippen LogP contribution in [0.25, 0.3) is 0 Å². The minimum atomic E-state index is -4.52. The van der Waals surface area contributed by atoms with Crippen molar-refractivity contribution in [2.24, 2.45) is 5.92 Å². The van der Waals surface area contributed by atoms with Crippen LogP contribution in [0.4, 0.5) is 0 Å². The fraction of sp³-hybridized carbons (Fsp3) is 0.789. The molecule has 1 unspecified atom stereocenters. The average Bonchev–Trinajstić information content (AvgIpc) is 2.70. The molecule has 2 rings (SSSR count). The molecule has 1 heterocycles. The van der Waals surface area contributed by atoms with Gasteiger partial charge in [0.1, 0.15) is 12.0 Å². The number of halogens is 3. The molecule has 1 atom stereocenters. The highest BCUT2D eigenvalue weighted by Gasteiger charge is 2.57. The molecule has 1 N–H and O–H groups in total. The summed E-state index contributed by atoms with van der Waals surface area (Å²) in [6, 6.07) is 0. The number of carbonyl (C=O) groups excluding carboxylic acids is 2. The SMILES string of the molecule is CCC/C=C/C(NS(=O)(=O)OCC(Cl)(Cl)Cl)(B1OC(=O)CN(C)CC(=O)O1)C1CCCCC1. The molecule has 14 heteroatoms. The minimum absolute atomic E-state index is 0.151. The van der Waals surface area contributed by atoms with E-state index in [-0.39, 0.29) is 19.0 Å². The minimum Gasteiger partial charge on any atom is -0.497 e. The molecule has 2 aliphatic rings. The Morgan fingerprint density at radius 1 is 1.15 bits per heavy atom. The third-order valence-electron chi connectivity index (χ3n) is 5.47. The van der Waals surface area contributed by atoms with Crippen molar-refractivity contribution in [2.75, 3.05) is 26.7 Å². The summed E-state index contributed by atoms with van der Waals surface area (Å²) in [4.78, 5) is 26.5. The number of carbonyl (C=O) groups is 2. The smallest absolute Gasteiger partial charge is 0.497 e. The quantitative estimate of drug-likeness (QED) is 0.267. The molecule has 0 aromatic heterocycles. The van der Waals surface area contributed by atoms with Crippen LogP contribution in [-0.2, 0) is 33.4 Å². The molecule has 1 aliphatic heterocycles. The van der Waals surface area contributed by atoms with E-state index in [1.165, 1.54) is 4.90 Å². The van der Waals surface area contributed by atoms with Crippen molar-refractivity contribution in [3.63, 3.8) is 0 Å². The van der Waals surface area contributed by atoms with Crippen LogP contribution < -0.4 is 4.72 Å². The van der Waals surface area contributed by atoms with Crippen LogP contribution in [0.1, 0.15) is 51.9 Å². The Morgan fingerprint density at radius 2 is 1.73 bits per heavy atom. The highest BCUT2D eigenvalue weighted by molar-refractivity contribution is 7.84. The molecule has 33 heavy (non-hydrogen) atoms. The lowest BCUT2D eigenvalue weighted by molar-refractivity contribution is -0.146. The summed E-state index contributed by atoms with van der Waals surface area (Å²) in [6.45, 7) is 0.928. The molecule has 188 valence electrons. The van der Waals surface area contributed by atoms with Crippen LogP contribution in [0, 0.1) is 5.92 Å². The van der Waals surface area contributed by atoms with E-state index in [9.17, 15) is 18.0 Å². The molecular weight excluding hydrogens is 517 g/mol. The van der Waals surface area contributed by atoms with Gasteiger partial charge >= 0.3 is 29.4 Å². The number of nitrogens with zero attached hydrogens (tertiary/aromatic N) is 1. The van der Waals surface area contributed by atoms with Crippen LogP contribution >= 0.6 is 34.8 Å². The van der Waals surface area contributed by atoms with Gasteiger partial charge in [-0.15, -0.1) is 0 Å². The van der Waals surface area contributed by atoms with Crippen LogP contribution in [0.5, 0.6) is 0 Å². The summed E-state index contributed by atoms with van der Waals surface area (Å²) in [7, 11) is -4.48. The highest BCUT2D eigenvalue weighted by atomic mass is 35.6. The van der Waals surface area contributed by atoms with E-state index in [0.29, 0.717) is 19.3 Å². The predicted molar refractivity (Wildman–Crippen MR) is 127 cm³/mol. The standard InChI is InChI=1S/C19H30BCl3N2O7S/c1-3-4-8-11-18(15-9-6-5-7-10-15,24-33(28,29)30-14-19(21,22)23)20-31-16(26)12-25(2)13-17(27)32-20/h8,11,15,24H,3-7,9-10,12-14H2,1-2H3/b11-8+. The lowest BCUT2D eigenvalue weighted by Gasteiger charge is -2.42. The van der Waals surface area contributed by atoms with Crippen LogP contribution in [0.15, 0.2) is 12.2 Å².